The quantitative estimate of drug-likeness (QED) is 0.837. The monoisotopic (exact) mass is 315 g/mol. The number of nitrogens with zero attached hydrogens (tertiary/aromatic N) is 1. The van der Waals surface area contributed by atoms with Gasteiger partial charge in [0.1, 0.15) is 0 Å². The highest BCUT2D eigenvalue weighted by Gasteiger charge is 2.67. The molecule has 0 N–H and O–H groups in total. The number of sulfone groups is 1. The Morgan fingerprint density at radius 3 is 2.37 bits per heavy atom. The zero-order valence-electron chi connectivity index (χ0n) is 9.99. The molecule has 0 unspecified atom stereocenters. The lowest BCUT2D eigenvalue weighted by Crippen LogP contribution is -2.50. The van der Waals surface area contributed by atoms with Crippen LogP contribution in [-0.4, -0.2) is 13.2 Å². The van der Waals surface area contributed by atoms with Gasteiger partial charge in [-0.05, 0) is 49.3 Å². The average molecular weight is 316 g/mol. The number of nitriles is 1. The third-order valence-corrected chi connectivity index (χ3v) is 7.18. The predicted octanol–water partition coefficient (Wildman–Crippen LogP) is 3.60. The van der Waals surface area contributed by atoms with Crippen molar-refractivity contribution in [3.8, 4) is 6.07 Å². The Morgan fingerprint density at radius 2 is 1.84 bits per heavy atom. The molecule has 0 aromatic heterocycles. The first-order valence-corrected chi connectivity index (χ1v) is 8.19. The summed E-state index contributed by atoms with van der Waals surface area (Å²) in [6.45, 7) is 0. The minimum absolute atomic E-state index is 0.0290. The van der Waals surface area contributed by atoms with E-state index in [0.29, 0.717) is 17.9 Å². The van der Waals surface area contributed by atoms with E-state index in [1.54, 1.807) is 0 Å². The molecule has 100 valence electrons. The Hall–Kier alpha value is -0.760. The van der Waals surface area contributed by atoms with Gasteiger partial charge < -0.3 is 0 Å². The Morgan fingerprint density at radius 1 is 1.21 bits per heavy atom. The van der Waals surface area contributed by atoms with Crippen molar-refractivity contribution in [3.63, 3.8) is 0 Å². The van der Waals surface area contributed by atoms with E-state index in [4.69, 9.17) is 23.2 Å². The van der Waals surface area contributed by atoms with Crippen LogP contribution in [0, 0.1) is 16.7 Å². The molecule has 3 nitrogen and oxygen atoms in total. The fourth-order valence-electron chi connectivity index (χ4n) is 2.91. The van der Waals surface area contributed by atoms with Crippen molar-refractivity contribution in [2.24, 2.45) is 5.41 Å². The van der Waals surface area contributed by atoms with Gasteiger partial charge in [-0.2, -0.15) is 5.26 Å². The van der Waals surface area contributed by atoms with Gasteiger partial charge in [-0.3, -0.25) is 0 Å². The smallest absolute Gasteiger partial charge is 0.198 e. The van der Waals surface area contributed by atoms with E-state index < -0.39 is 14.6 Å². The second-order valence-electron chi connectivity index (χ2n) is 5.54. The van der Waals surface area contributed by atoms with E-state index in [1.165, 1.54) is 18.2 Å². The number of hydrogen-bond donors (Lipinski definition) is 0. The van der Waals surface area contributed by atoms with Crippen LogP contribution < -0.4 is 0 Å². The Bertz CT molecular complexity index is 694. The van der Waals surface area contributed by atoms with Crippen molar-refractivity contribution in [3.05, 3.63) is 28.2 Å². The zero-order valence-corrected chi connectivity index (χ0v) is 12.3. The van der Waals surface area contributed by atoms with E-state index >= 15 is 0 Å². The molecule has 0 atom stereocenters. The van der Waals surface area contributed by atoms with Gasteiger partial charge in [-0.1, -0.05) is 23.2 Å². The Balaban J connectivity index is 2.08. The van der Waals surface area contributed by atoms with Crippen LogP contribution in [0.4, 0.5) is 0 Å². The zero-order chi connectivity index (χ0) is 13.9. The lowest BCUT2D eigenvalue weighted by molar-refractivity contribution is 0.238. The molecular formula is C13H11Cl2NO2S. The van der Waals surface area contributed by atoms with E-state index in [1.807, 2.05) is 6.07 Å². The van der Waals surface area contributed by atoms with Gasteiger partial charge in [0.05, 0.1) is 16.0 Å². The van der Waals surface area contributed by atoms with Gasteiger partial charge in [0.2, 0.25) is 0 Å². The maximum atomic E-state index is 12.7. The van der Waals surface area contributed by atoms with Gasteiger partial charge >= 0.3 is 0 Å². The summed E-state index contributed by atoms with van der Waals surface area (Å²) in [5, 5.41) is 9.77. The molecule has 2 aliphatic rings. The largest absolute Gasteiger partial charge is 0.222 e. The molecule has 0 radical (unpaired) electrons. The highest BCUT2D eigenvalue weighted by Crippen LogP contribution is 2.67. The van der Waals surface area contributed by atoms with E-state index in [9.17, 15) is 13.7 Å². The molecule has 1 aromatic carbocycles. The molecule has 0 aliphatic heterocycles. The fraction of sp³-hybridized carbons (Fsp3) is 0.462. The standard InChI is InChI=1S/C13H11Cl2NO2S/c14-9-1-2-10(15)11(5-9)19(17,18)13(8-16)6-12(7-13)3-4-12/h1-2,5H,3-4,6-7H2. The number of halogens is 2. The molecule has 1 aromatic rings. The van der Waals surface area contributed by atoms with E-state index in [2.05, 4.69) is 0 Å². The van der Waals surface area contributed by atoms with Crippen molar-refractivity contribution in [1.82, 2.24) is 0 Å². The highest BCUT2D eigenvalue weighted by molar-refractivity contribution is 7.93. The molecule has 2 saturated carbocycles. The van der Waals surface area contributed by atoms with Crippen LogP contribution in [0.1, 0.15) is 25.7 Å². The van der Waals surface area contributed by atoms with Crippen molar-refractivity contribution in [2.45, 2.75) is 35.3 Å². The van der Waals surface area contributed by atoms with Crippen LogP contribution in [0.25, 0.3) is 0 Å². The van der Waals surface area contributed by atoms with Crippen LogP contribution in [0.15, 0.2) is 23.1 Å². The molecule has 2 aliphatic carbocycles. The molecule has 3 rings (SSSR count). The number of rotatable bonds is 2. The summed E-state index contributed by atoms with van der Waals surface area (Å²) in [6.07, 6.45) is 2.88. The minimum atomic E-state index is -3.78. The van der Waals surface area contributed by atoms with E-state index in [-0.39, 0.29) is 15.3 Å². The second-order valence-corrected chi connectivity index (χ2v) is 8.61. The SMILES string of the molecule is N#CC1(S(=O)(=O)c2cc(Cl)ccc2Cl)CC2(CC2)C1. The van der Waals surface area contributed by atoms with E-state index in [0.717, 1.165) is 12.8 Å². The van der Waals surface area contributed by atoms with Gasteiger partial charge in [0, 0.05) is 5.02 Å². The molecule has 0 amide bonds. The molecule has 0 heterocycles. The summed E-state index contributed by atoms with van der Waals surface area (Å²) in [4.78, 5) is -0.0290. The summed E-state index contributed by atoms with van der Waals surface area (Å²) in [5.41, 5.74) is 0.105. The molecule has 2 fully saturated rings. The Labute approximate surface area is 122 Å². The molecule has 0 bridgehead atoms. The lowest BCUT2D eigenvalue weighted by Gasteiger charge is -2.42. The summed E-state index contributed by atoms with van der Waals surface area (Å²) >= 11 is 11.8. The lowest BCUT2D eigenvalue weighted by atomic mass is 9.72. The van der Waals surface area contributed by atoms with Crippen LogP contribution in [0.2, 0.25) is 10.0 Å². The first kappa shape index (κ1) is 13.2. The van der Waals surface area contributed by atoms with Crippen LogP contribution in [0.5, 0.6) is 0 Å². The fourth-order valence-corrected chi connectivity index (χ4v) is 5.71. The Kier molecular flexibility index (Phi) is 2.70. The summed E-state index contributed by atoms with van der Waals surface area (Å²) in [6, 6.07) is 6.32. The average Bonchev–Trinajstić information content (AvgIpc) is 3.09. The van der Waals surface area contributed by atoms with Crippen molar-refractivity contribution >= 4 is 33.0 Å². The predicted molar refractivity (Wildman–Crippen MR) is 72.9 cm³/mol. The number of benzene rings is 1. The molecule has 1 spiro atoms. The van der Waals surface area contributed by atoms with Gasteiger partial charge in [0.25, 0.3) is 0 Å². The first-order valence-electron chi connectivity index (χ1n) is 5.95. The highest BCUT2D eigenvalue weighted by atomic mass is 35.5. The maximum absolute atomic E-state index is 12.7. The molecule has 0 saturated heterocycles. The van der Waals surface area contributed by atoms with Crippen molar-refractivity contribution < 1.29 is 8.42 Å². The minimum Gasteiger partial charge on any atom is -0.222 e. The second kappa shape index (κ2) is 3.88. The molecule has 6 heteroatoms. The third-order valence-electron chi connectivity index (χ3n) is 4.18. The summed E-state index contributed by atoms with van der Waals surface area (Å²) in [7, 11) is -3.78. The molecule has 19 heavy (non-hydrogen) atoms. The van der Waals surface area contributed by atoms with Crippen LogP contribution in [-0.2, 0) is 9.84 Å². The molecular weight excluding hydrogens is 305 g/mol. The maximum Gasteiger partial charge on any atom is 0.198 e. The summed E-state index contributed by atoms with van der Waals surface area (Å²) in [5.74, 6) is 0. The third kappa shape index (κ3) is 1.79. The van der Waals surface area contributed by atoms with Crippen molar-refractivity contribution in [1.29, 1.82) is 5.26 Å². The summed E-state index contributed by atoms with van der Waals surface area (Å²) < 4.78 is 24.1. The van der Waals surface area contributed by atoms with Gasteiger partial charge in [0.15, 0.2) is 14.6 Å². The van der Waals surface area contributed by atoms with Crippen LogP contribution >= 0.6 is 23.2 Å². The van der Waals surface area contributed by atoms with Gasteiger partial charge in [-0.25, -0.2) is 8.42 Å². The normalized spacial score (nSPS) is 22.6. The first-order chi connectivity index (χ1) is 8.84. The van der Waals surface area contributed by atoms with Crippen LogP contribution in [0.3, 0.4) is 0 Å². The number of hydrogen-bond acceptors (Lipinski definition) is 3. The van der Waals surface area contributed by atoms with Crippen molar-refractivity contribution in [2.75, 3.05) is 0 Å². The van der Waals surface area contributed by atoms with Gasteiger partial charge in [-0.15, -0.1) is 0 Å². The topological polar surface area (TPSA) is 57.9 Å².